The number of aryl methyl sites for hydroxylation is 1. The van der Waals surface area contributed by atoms with E-state index in [1.54, 1.807) is 6.07 Å². The summed E-state index contributed by atoms with van der Waals surface area (Å²) in [6.07, 6.45) is 1.99. The Morgan fingerprint density at radius 1 is 1.47 bits per heavy atom. The van der Waals surface area contributed by atoms with E-state index in [4.69, 9.17) is 21.1 Å². The van der Waals surface area contributed by atoms with Crippen LogP contribution in [0.25, 0.3) is 0 Å². The van der Waals surface area contributed by atoms with Gasteiger partial charge in [-0.05, 0) is 30.2 Å². The van der Waals surface area contributed by atoms with E-state index in [0.29, 0.717) is 11.4 Å². The van der Waals surface area contributed by atoms with Crippen LogP contribution in [-0.2, 0) is 6.42 Å². The number of anilines is 1. The molecule has 0 aromatic carbocycles. The number of nitrogens with one attached hydrogen (secondary N) is 1. The number of amides is 1. The second-order valence-corrected chi connectivity index (χ2v) is 5.16. The minimum Gasteiger partial charge on any atom is -0.478 e. The molecule has 1 amide bonds. The molecule has 2 aromatic heterocycles. The summed E-state index contributed by atoms with van der Waals surface area (Å²) in [5.41, 5.74) is 0.249. The van der Waals surface area contributed by atoms with Crippen LogP contribution in [0.1, 0.15) is 32.5 Å². The average molecular weight is 300 g/mol. The first kappa shape index (κ1) is 13.6. The third-order valence-corrected chi connectivity index (χ3v) is 3.94. The Labute approximate surface area is 117 Å². The van der Waals surface area contributed by atoms with Crippen LogP contribution in [0.5, 0.6) is 0 Å². The van der Waals surface area contributed by atoms with Gasteiger partial charge in [0.2, 0.25) is 5.22 Å². The van der Waals surface area contributed by atoms with Gasteiger partial charge < -0.3 is 14.8 Å². The highest BCUT2D eigenvalue weighted by atomic mass is 35.5. The smallest absolute Gasteiger partial charge is 0.338 e. The number of hydrogen-bond acceptors (Lipinski definition) is 4. The standard InChI is InChI=1S/C12H10ClNO4S/c1-2-6-5-8(12(16)17)11(19-6)14-10(15)7-3-4-18-9(7)13/h3-5H,2H2,1H3,(H,14,15)(H,16,17). The Morgan fingerprint density at radius 3 is 2.74 bits per heavy atom. The molecule has 0 atom stereocenters. The van der Waals surface area contributed by atoms with Gasteiger partial charge in [-0.3, -0.25) is 4.79 Å². The van der Waals surface area contributed by atoms with Crippen LogP contribution in [0, 0.1) is 0 Å². The number of halogens is 1. The molecule has 2 rings (SSSR count). The van der Waals surface area contributed by atoms with Crippen molar-refractivity contribution in [1.29, 1.82) is 0 Å². The Bertz CT molecular complexity index is 631. The molecule has 2 N–H and O–H groups in total. The number of hydrogen-bond donors (Lipinski definition) is 2. The molecule has 0 aliphatic carbocycles. The van der Waals surface area contributed by atoms with E-state index >= 15 is 0 Å². The van der Waals surface area contributed by atoms with Gasteiger partial charge >= 0.3 is 5.97 Å². The number of thiophene rings is 1. The highest BCUT2D eigenvalue weighted by Gasteiger charge is 2.19. The van der Waals surface area contributed by atoms with Crippen molar-refractivity contribution in [3.8, 4) is 0 Å². The minimum atomic E-state index is -1.08. The number of carboxylic acid groups (broad SMARTS) is 1. The van der Waals surface area contributed by atoms with Crippen LogP contribution in [0.3, 0.4) is 0 Å². The van der Waals surface area contributed by atoms with Crippen molar-refractivity contribution in [2.75, 3.05) is 5.32 Å². The summed E-state index contributed by atoms with van der Waals surface area (Å²) in [7, 11) is 0. The average Bonchev–Trinajstić information content (AvgIpc) is 2.95. The zero-order chi connectivity index (χ0) is 14.0. The van der Waals surface area contributed by atoms with E-state index in [-0.39, 0.29) is 16.3 Å². The van der Waals surface area contributed by atoms with Gasteiger partial charge in [-0.1, -0.05) is 6.92 Å². The summed E-state index contributed by atoms with van der Waals surface area (Å²) in [6.45, 7) is 1.91. The summed E-state index contributed by atoms with van der Waals surface area (Å²) < 4.78 is 4.82. The number of aromatic carboxylic acids is 1. The fourth-order valence-corrected chi connectivity index (χ4v) is 2.68. The van der Waals surface area contributed by atoms with Crippen molar-refractivity contribution in [3.63, 3.8) is 0 Å². The van der Waals surface area contributed by atoms with Crippen molar-refractivity contribution in [3.05, 3.63) is 39.6 Å². The first-order valence-electron chi connectivity index (χ1n) is 5.43. The predicted molar refractivity (Wildman–Crippen MR) is 72.3 cm³/mol. The summed E-state index contributed by atoms with van der Waals surface area (Å²) in [6, 6.07) is 2.98. The molecule has 0 unspecified atom stereocenters. The largest absolute Gasteiger partial charge is 0.478 e. The maximum Gasteiger partial charge on any atom is 0.338 e. The number of carbonyl (C=O) groups is 2. The van der Waals surface area contributed by atoms with E-state index in [0.717, 1.165) is 4.88 Å². The number of furan rings is 1. The lowest BCUT2D eigenvalue weighted by atomic mass is 10.2. The predicted octanol–water partition coefficient (Wildman–Crippen LogP) is 3.51. The molecule has 0 saturated heterocycles. The molecule has 100 valence electrons. The van der Waals surface area contributed by atoms with E-state index in [1.807, 2.05) is 6.92 Å². The Balaban J connectivity index is 2.28. The zero-order valence-electron chi connectivity index (χ0n) is 9.90. The van der Waals surface area contributed by atoms with Crippen LogP contribution >= 0.6 is 22.9 Å². The van der Waals surface area contributed by atoms with Gasteiger partial charge in [0, 0.05) is 4.88 Å². The topological polar surface area (TPSA) is 79.5 Å². The minimum absolute atomic E-state index is 0.0263. The Kier molecular flexibility index (Phi) is 3.92. The summed E-state index contributed by atoms with van der Waals surface area (Å²) >= 11 is 6.93. The van der Waals surface area contributed by atoms with E-state index in [9.17, 15) is 9.59 Å². The van der Waals surface area contributed by atoms with Crippen LogP contribution in [0.4, 0.5) is 5.00 Å². The third kappa shape index (κ3) is 2.80. The van der Waals surface area contributed by atoms with E-state index in [2.05, 4.69) is 5.32 Å². The molecule has 0 aliphatic heterocycles. The molecular weight excluding hydrogens is 290 g/mol. The van der Waals surface area contributed by atoms with Gasteiger partial charge in [-0.2, -0.15) is 0 Å². The van der Waals surface area contributed by atoms with Crippen LogP contribution in [0.2, 0.25) is 5.22 Å². The molecule has 0 radical (unpaired) electrons. The molecule has 0 fully saturated rings. The number of carbonyl (C=O) groups excluding carboxylic acids is 1. The Morgan fingerprint density at radius 2 is 2.21 bits per heavy atom. The van der Waals surface area contributed by atoms with Gasteiger partial charge in [0.15, 0.2) is 0 Å². The summed E-state index contributed by atoms with van der Waals surface area (Å²) in [4.78, 5) is 23.9. The highest BCUT2D eigenvalue weighted by Crippen LogP contribution is 2.29. The second kappa shape index (κ2) is 5.46. The van der Waals surface area contributed by atoms with Crippen molar-refractivity contribution < 1.29 is 19.1 Å². The first-order chi connectivity index (χ1) is 9.02. The van der Waals surface area contributed by atoms with E-state index < -0.39 is 11.9 Å². The van der Waals surface area contributed by atoms with Crippen molar-refractivity contribution in [2.45, 2.75) is 13.3 Å². The second-order valence-electron chi connectivity index (χ2n) is 3.68. The zero-order valence-corrected chi connectivity index (χ0v) is 11.5. The molecule has 0 spiro atoms. The normalized spacial score (nSPS) is 10.4. The third-order valence-electron chi connectivity index (χ3n) is 2.45. The van der Waals surface area contributed by atoms with Crippen molar-refractivity contribution >= 4 is 39.8 Å². The summed E-state index contributed by atoms with van der Waals surface area (Å²) in [5.74, 6) is -1.57. The summed E-state index contributed by atoms with van der Waals surface area (Å²) in [5, 5.41) is 11.9. The molecule has 0 aliphatic rings. The maximum absolute atomic E-state index is 11.9. The van der Waals surface area contributed by atoms with Crippen molar-refractivity contribution in [1.82, 2.24) is 0 Å². The van der Waals surface area contributed by atoms with Crippen LogP contribution < -0.4 is 5.32 Å². The molecule has 0 bridgehead atoms. The number of rotatable bonds is 4. The van der Waals surface area contributed by atoms with Gasteiger partial charge in [0.05, 0.1) is 17.4 Å². The highest BCUT2D eigenvalue weighted by molar-refractivity contribution is 7.16. The first-order valence-corrected chi connectivity index (χ1v) is 6.62. The lowest BCUT2D eigenvalue weighted by Crippen LogP contribution is -2.12. The number of carboxylic acids is 1. The molecule has 0 saturated carbocycles. The molecule has 5 nitrogen and oxygen atoms in total. The fourth-order valence-electron chi connectivity index (χ4n) is 1.49. The quantitative estimate of drug-likeness (QED) is 0.905. The lowest BCUT2D eigenvalue weighted by molar-refractivity contribution is 0.0698. The molecular formula is C12H10ClNO4S. The molecule has 19 heavy (non-hydrogen) atoms. The molecule has 2 aromatic rings. The van der Waals surface area contributed by atoms with Crippen molar-refractivity contribution in [2.24, 2.45) is 0 Å². The van der Waals surface area contributed by atoms with E-state index in [1.165, 1.54) is 23.7 Å². The van der Waals surface area contributed by atoms with Gasteiger partial charge in [-0.25, -0.2) is 4.79 Å². The molecule has 7 heteroatoms. The SMILES string of the molecule is CCc1cc(C(=O)O)c(NC(=O)c2ccoc2Cl)s1. The van der Waals surface area contributed by atoms with Crippen LogP contribution in [-0.4, -0.2) is 17.0 Å². The van der Waals surface area contributed by atoms with Crippen LogP contribution in [0.15, 0.2) is 22.8 Å². The fraction of sp³-hybridized carbons (Fsp3) is 0.167. The van der Waals surface area contributed by atoms with Gasteiger partial charge in [0.25, 0.3) is 5.91 Å². The lowest BCUT2D eigenvalue weighted by Gasteiger charge is -2.02. The monoisotopic (exact) mass is 299 g/mol. The van der Waals surface area contributed by atoms with Gasteiger partial charge in [-0.15, -0.1) is 11.3 Å². The molecule has 2 heterocycles. The van der Waals surface area contributed by atoms with Gasteiger partial charge in [0.1, 0.15) is 5.00 Å². The Hall–Kier alpha value is -1.79. The maximum atomic E-state index is 11.9.